The first-order valence-electron chi connectivity index (χ1n) is 9.07. The summed E-state index contributed by atoms with van der Waals surface area (Å²) < 4.78 is 9.49. The van der Waals surface area contributed by atoms with Gasteiger partial charge in [-0.3, -0.25) is 4.79 Å². The van der Waals surface area contributed by atoms with Gasteiger partial charge in [-0.2, -0.15) is 5.10 Å². The summed E-state index contributed by atoms with van der Waals surface area (Å²) in [5.74, 6) is 0.562. The van der Waals surface area contributed by atoms with Crippen LogP contribution in [0.4, 0.5) is 0 Å². The Morgan fingerprint density at radius 3 is 2.52 bits per heavy atom. The van der Waals surface area contributed by atoms with Gasteiger partial charge in [0.05, 0.1) is 17.1 Å². The fourth-order valence-corrected chi connectivity index (χ4v) is 4.46. The maximum Gasteiger partial charge on any atom is 0.349 e. The van der Waals surface area contributed by atoms with Crippen molar-refractivity contribution in [2.45, 2.75) is 6.61 Å². The number of nitrogens with one attached hydrogen (secondary N) is 1. The van der Waals surface area contributed by atoms with E-state index < -0.39 is 11.2 Å². The van der Waals surface area contributed by atoms with E-state index >= 15 is 0 Å². The van der Waals surface area contributed by atoms with Gasteiger partial charge in [0.1, 0.15) is 12.4 Å². The molecule has 3 aromatic carbocycles. The number of ether oxygens (including phenoxy) is 1. The SMILES string of the molecule is O=c1[nH]c2ccccc2c(=O)n1N=Cc1cc(Br)ccc1OCc1ccc(Br)cc1Br. The molecule has 0 bridgehead atoms. The van der Waals surface area contributed by atoms with Crippen LogP contribution in [0.3, 0.4) is 0 Å². The Morgan fingerprint density at radius 1 is 0.968 bits per heavy atom. The first kappa shape index (κ1) is 21.7. The summed E-state index contributed by atoms with van der Waals surface area (Å²) in [5.41, 5.74) is 0.942. The minimum atomic E-state index is -0.615. The fraction of sp³-hybridized carbons (Fsp3) is 0.0455. The lowest BCUT2D eigenvalue weighted by atomic mass is 10.2. The fourth-order valence-electron chi connectivity index (χ4n) is 2.92. The van der Waals surface area contributed by atoms with Gasteiger partial charge in [-0.25, -0.2) is 4.79 Å². The standard InChI is InChI=1S/C22H14Br3N3O3/c23-15-7-8-20(31-12-13-5-6-16(24)10-18(13)25)14(9-15)11-26-28-21(29)17-3-1-2-4-19(17)27-22(28)30/h1-11H,12H2,(H,27,30). The van der Waals surface area contributed by atoms with Crippen molar-refractivity contribution in [3.05, 3.63) is 106 Å². The van der Waals surface area contributed by atoms with Gasteiger partial charge >= 0.3 is 5.69 Å². The van der Waals surface area contributed by atoms with Crippen molar-refractivity contribution in [3.63, 3.8) is 0 Å². The van der Waals surface area contributed by atoms with E-state index in [-0.39, 0.29) is 0 Å². The minimum absolute atomic E-state index is 0.326. The van der Waals surface area contributed by atoms with Gasteiger partial charge in [0, 0.05) is 24.5 Å². The smallest absolute Gasteiger partial charge is 0.349 e. The van der Waals surface area contributed by atoms with E-state index in [2.05, 4.69) is 57.9 Å². The van der Waals surface area contributed by atoms with Crippen LogP contribution in [0.5, 0.6) is 5.75 Å². The lowest BCUT2D eigenvalue weighted by molar-refractivity contribution is 0.305. The number of aromatic nitrogens is 2. The molecule has 0 aliphatic heterocycles. The van der Waals surface area contributed by atoms with Crippen molar-refractivity contribution in [1.29, 1.82) is 0 Å². The number of hydrogen-bond donors (Lipinski definition) is 1. The molecule has 1 heterocycles. The number of benzene rings is 3. The normalized spacial score (nSPS) is 11.3. The highest BCUT2D eigenvalue weighted by atomic mass is 79.9. The molecule has 4 aromatic rings. The van der Waals surface area contributed by atoms with Crippen LogP contribution in [0.25, 0.3) is 10.9 Å². The number of fused-ring (bicyclic) bond motifs is 1. The third-order valence-corrected chi connectivity index (χ3v) is 6.19. The number of aromatic amines is 1. The van der Waals surface area contributed by atoms with Crippen molar-refractivity contribution in [2.75, 3.05) is 0 Å². The lowest BCUT2D eigenvalue weighted by Gasteiger charge is -2.11. The molecular formula is C22H14Br3N3O3. The predicted molar refractivity (Wildman–Crippen MR) is 132 cm³/mol. The van der Waals surface area contributed by atoms with Gasteiger partial charge in [0.15, 0.2) is 0 Å². The number of nitrogens with zero attached hydrogens (tertiary/aromatic N) is 2. The number of rotatable bonds is 5. The van der Waals surface area contributed by atoms with E-state index in [0.717, 1.165) is 23.7 Å². The van der Waals surface area contributed by atoms with Crippen molar-refractivity contribution in [3.8, 4) is 5.75 Å². The third kappa shape index (κ3) is 4.89. The zero-order valence-corrected chi connectivity index (χ0v) is 20.6. The van der Waals surface area contributed by atoms with Gasteiger partial charge in [-0.15, -0.1) is 4.68 Å². The topological polar surface area (TPSA) is 76.5 Å². The van der Waals surface area contributed by atoms with Crippen LogP contribution < -0.4 is 16.0 Å². The summed E-state index contributed by atoms with van der Waals surface area (Å²) in [7, 11) is 0. The maximum absolute atomic E-state index is 12.7. The van der Waals surface area contributed by atoms with Crippen LogP contribution in [0.2, 0.25) is 0 Å². The Balaban J connectivity index is 1.67. The molecule has 0 atom stereocenters. The first-order chi connectivity index (χ1) is 14.9. The lowest BCUT2D eigenvalue weighted by Crippen LogP contribution is -2.32. The van der Waals surface area contributed by atoms with Gasteiger partial charge in [-0.05, 0) is 42.5 Å². The van der Waals surface area contributed by atoms with Gasteiger partial charge in [0.25, 0.3) is 5.56 Å². The first-order valence-corrected chi connectivity index (χ1v) is 11.4. The summed E-state index contributed by atoms with van der Waals surface area (Å²) in [4.78, 5) is 27.7. The summed E-state index contributed by atoms with van der Waals surface area (Å²) >= 11 is 10.4. The Kier molecular flexibility index (Phi) is 6.54. The van der Waals surface area contributed by atoms with Crippen molar-refractivity contribution in [2.24, 2.45) is 5.10 Å². The Bertz CT molecular complexity index is 1430. The average molecular weight is 608 g/mol. The second-order valence-corrected chi connectivity index (χ2v) is 9.23. The van der Waals surface area contributed by atoms with Crippen LogP contribution >= 0.6 is 47.8 Å². The minimum Gasteiger partial charge on any atom is -0.488 e. The number of halogens is 3. The largest absolute Gasteiger partial charge is 0.488 e. The molecule has 0 aliphatic rings. The number of H-pyrrole nitrogens is 1. The van der Waals surface area contributed by atoms with E-state index in [1.54, 1.807) is 36.4 Å². The second kappa shape index (κ2) is 9.33. The van der Waals surface area contributed by atoms with Crippen LogP contribution in [-0.2, 0) is 6.61 Å². The van der Waals surface area contributed by atoms with E-state index in [1.165, 1.54) is 6.21 Å². The van der Waals surface area contributed by atoms with E-state index in [9.17, 15) is 9.59 Å². The third-order valence-electron chi connectivity index (χ3n) is 4.47. The van der Waals surface area contributed by atoms with Crippen molar-refractivity contribution >= 4 is 64.9 Å². The van der Waals surface area contributed by atoms with E-state index in [0.29, 0.717) is 28.8 Å². The van der Waals surface area contributed by atoms with E-state index in [4.69, 9.17) is 4.74 Å². The van der Waals surface area contributed by atoms with Crippen molar-refractivity contribution < 1.29 is 4.74 Å². The molecule has 0 aliphatic carbocycles. The molecular weight excluding hydrogens is 594 g/mol. The highest BCUT2D eigenvalue weighted by molar-refractivity contribution is 9.11. The van der Waals surface area contributed by atoms with Crippen LogP contribution in [-0.4, -0.2) is 15.9 Å². The molecule has 0 saturated heterocycles. The molecule has 6 nitrogen and oxygen atoms in total. The monoisotopic (exact) mass is 605 g/mol. The van der Waals surface area contributed by atoms with E-state index in [1.807, 2.05) is 24.3 Å². The van der Waals surface area contributed by atoms with Gasteiger partial charge < -0.3 is 9.72 Å². The summed E-state index contributed by atoms with van der Waals surface area (Å²) in [6, 6.07) is 18.1. The number of hydrogen-bond acceptors (Lipinski definition) is 4. The Labute approximate surface area is 202 Å². The number of para-hydroxylation sites is 1. The molecule has 31 heavy (non-hydrogen) atoms. The molecule has 1 N–H and O–H groups in total. The highest BCUT2D eigenvalue weighted by Gasteiger charge is 2.08. The molecule has 0 spiro atoms. The van der Waals surface area contributed by atoms with Gasteiger partial charge in [0.2, 0.25) is 0 Å². The van der Waals surface area contributed by atoms with Gasteiger partial charge in [-0.1, -0.05) is 66.0 Å². The predicted octanol–water partition coefficient (Wildman–Crippen LogP) is 5.44. The van der Waals surface area contributed by atoms with Crippen molar-refractivity contribution in [1.82, 2.24) is 9.66 Å². The Morgan fingerprint density at radius 2 is 1.71 bits per heavy atom. The molecule has 0 radical (unpaired) electrons. The van der Waals surface area contributed by atoms with Crippen LogP contribution in [0.1, 0.15) is 11.1 Å². The highest BCUT2D eigenvalue weighted by Crippen LogP contribution is 2.26. The summed E-state index contributed by atoms with van der Waals surface area (Å²) in [5, 5.41) is 4.51. The molecule has 1 aromatic heterocycles. The second-order valence-electron chi connectivity index (χ2n) is 6.54. The molecule has 156 valence electrons. The van der Waals surface area contributed by atoms with Crippen LogP contribution in [0, 0.1) is 0 Å². The molecule has 0 fully saturated rings. The van der Waals surface area contributed by atoms with Crippen LogP contribution in [0.15, 0.2) is 88.8 Å². The Hall–Kier alpha value is -2.49. The summed E-state index contributed by atoms with van der Waals surface area (Å²) in [6.07, 6.45) is 1.43. The summed E-state index contributed by atoms with van der Waals surface area (Å²) in [6.45, 7) is 0.326. The maximum atomic E-state index is 12.7. The molecule has 4 rings (SSSR count). The average Bonchev–Trinajstić information content (AvgIpc) is 2.74. The molecule has 0 amide bonds. The zero-order chi connectivity index (χ0) is 22.0. The molecule has 9 heteroatoms. The molecule has 0 saturated carbocycles. The quantitative estimate of drug-likeness (QED) is 0.307. The zero-order valence-electron chi connectivity index (χ0n) is 15.8. The molecule has 0 unspecified atom stereocenters.